The zero-order valence-electron chi connectivity index (χ0n) is 12.0. The van der Waals surface area contributed by atoms with Crippen molar-refractivity contribution in [1.82, 2.24) is 0 Å². The molecule has 0 saturated heterocycles. The zero-order valence-corrected chi connectivity index (χ0v) is 12.8. The quantitative estimate of drug-likeness (QED) is 0.840. The number of hydrogen-bond acceptors (Lipinski definition) is 4. The normalized spacial score (nSPS) is 10.3. The monoisotopic (exact) mass is 289 g/mol. The van der Waals surface area contributed by atoms with E-state index in [2.05, 4.69) is 25.2 Å². The first kappa shape index (κ1) is 14.6. The molecule has 0 unspecified atom stereocenters. The second kappa shape index (κ2) is 6.57. The lowest BCUT2D eigenvalue weighted by atomic mass is 10.1. The summed E-state index contributed by atoms with van der Waals surface area (Å²) in [4.78, 5) is 14.5. The van der Waals surface area contributed by atoms with E-state index in [1.54, 1.807) is 17.4 Å². The van der Waals surface area contributed by atoms with E-state index in [1.165, 1.54) is 15.3 Å². The highest BCUT2D eigenvalue weighted by atomic mass is 32.1. The Bertz CT molecular complexity index is 604. The molecule has 0 aliphatic heterocycles. The van der Waals surface area contributed by atoms with Crippen molar-refractivity contribution < 1.29 is 9.53 Å². The predicted octanol–water partition coefficient (Wildman–Crippen LogP) is 4.15. The summed E-state index contributed by atoms with van der Waals surface area (Å²) in [6.45, 7) is 7.13. The maximum absolute atomic E-state index is 11.9. The highest BCUT2D eigenvalue weighted by Gasteiger charge is 2.12. The van der Waals surface area contributed by atoms with Gasteiger partial charge in [0.1, 0.15) is 0 Å². The molecule has 3 nitrogen and oxygen atoms in total. The Labute approximate surface area is 123 Å². The fourth-order valence-electron chi connectivity index (χ4n) is 2.07. The van der Waals surface area contributed by atoms with E-state index >= 15 is 0 Å². The van der Waals surface area contributed by atoms with Gasteiger partial charge in [-0.1, -0.05) is 12.1 Å². The van der Waals surface area contributed by atoms with Crippen LogP contribution >= 0.6 is 11.3 Å². The molecule has 0 fully saturated rings. The van der Waals surface area contributed by atoms with E-state index in [0.29, 0.717) is 18.7 Å². The van der Waals surface area contributed by atoms with Crippen molar-refractivity contribution in [2.45, 2.75) is 27.3 Å². The van der Waals surface area contributed by atoms with Crippen LogP contribution < -0.4 is 5.32 Å². The zero-order chi connectivity index (χ0) is 14.5. The molecule has 4 heteroatoms. The van der Waals surface area contributed by atoms with E-state index < -0.39 is 0 Å². The van der Waals surface area contributed by atoms with Crippen molar-refractivity contribution in [2.75, 3.05) is 11.9 Å². The van der Waals surface area contributed by atoms with E-state index in [4.69, 9.17) is 4.74 Å². The Balaban J connectivity index is 2.13. The van der Waals surface area contributed by atoms with Gasteiger partial charge in [-0.25, -0.2) is 4.79 Å². The molecule has 0 aliphatic rings. The maximum Gasteiger partial charge on any atom is 0.340 e. The molecule has 0 bridgehead atoms. The first-order valence-corrected chi connectivity index (χ1v) is 7.49. The number of hydrogen-bond donors (Lipinski definition) is 1. The molecule has 1 N–H and O–H groups in total. The number of para-hydroxylation sites is 1. The van der Waals surface area contributed by atoms with Crippen LogP contribution in [0.2, 0.25) is 0 Å². The topological polar surface area (TPSA) is 38.3 Å². The molecule has 2 aromatic rings. The molecule has 20 heavy (non-hydrogen) atoms. The fourth-order valence-corrected chi connectivity index (χ4v) is 3.02. The summed E-state index contributed by atoms with van der Waals surface area (Å²) in [6, 6.07) is 9.63. The van der Waals surface area contributed by atoms with Crippen molar-refractivity contribution in [2.24, 2.45) is 0 Å². The van der Waals surface area contributed by atoms with Crippen LogP contribution in [0.1, 0.15) is 32.6 Å². The highest BCUT2D eigenvalue weighted by Crippen LogP contribution is 2.23. The number of benzene rings is 1. The van der Waals surface area contributed by atoms with Gasteiger partial charge in [0, 0.05) is 22.0 Å². The minimum absolute atomic E-state index is 0.283. The number of carbonyl (C=O) groups is 1. The van der Waals surface area contributed by atoms with Gasteiger partial charge in [-0.3, -0.25) is 0 Å². The molecule has 0 aliphatic carbocycles. The summed E-state index contributed by atoms with van der Waals surface area (Å²) < 4.78 is 5.07. The summed E-state index contributed by atoms with van der Waals surface area (Å²) in [5.41, 5.74) is 2.67. The molecule has 0 atom stereocenters. The maximum atomic E-state index is 11.9. The molecular formula is C16H19NO2S. The van der Waals surface area contributed by atoms with Gasteiger partial charge < -0.3 is 10.1 Å². The molecule has 0 radical (unpaired) electrons. The van der Waals surface area contributed by atoms with Gasteiger partial charge >= 0.3 is 5.97 Å². The van der Waals surface area contributed by atoms with E-state index in [9.17, 15) is 4.79 Å². The van der Waals surface area contributed by atoms with Gasteiger partial charge in [0.05, 0.1) is 12.2 Å². The van der Waals surface area contributed by atoms with Crippen molar-refractivity contribution in [1.29, 1.82) is 0 Å². The highest BCUT2D eigenvalue weighted by molar-refractivity contribution is 7.12. The Morgan fingerprint density at radius 3 is 2.70 bits per heavy atom. The van der Waals surface area contributed by atoms with Crippen LogP contribution in [0, 0.1) is 13.8 Å². The third kappa shape index (κ3) is 3.39. The number of anilines is 1. The molecule has 0 spiro atoms. The van der Waals surface area contributed by atoms with E-state index in [-0.39, 0.29) is 5.97 Å². The van der Waals surface area contributed by atoms with Gasteiger partial charge in [0.2, 0.25) is 0 Å². The van der Waals surface area contributed by atoms with Gasteiger partial charge in [0.25, 0.3) is 0 Å². The number of aryl methyl sites for hydroxylation is 2. The lowest BCUT2D eigenvalue weighted by molar-refractivity contribution is 0.0527. The van der Waals surface area contributed by atoms with E-state index in [1.807, 2.05) is 25.1 Å². The largest absolute Gasteiger partial charge is 0.462 e. The number of nitrogens with one attached hydrogen (secondary N) is 1. The number of carbonyl (C=O) groups excluding carboxylic acids is 1. The molecule has 1 heterocycles. The SMILES string of the molecule is CCOC(=O)c1ccccc1NCc1cc(C)sc1C. The Morgan fingerprint density at radius 1 is 1.30 bits per heavy atom. The van der Waals surface area contributed by atoms with Crippen LogP contribution in [0.4, 0.5) is 5.69 Å². The van der Waals surface area contributed by atoms with Crippen LogP contribution in [-0.4, -0.2) is 12.6 Å². The summed E-state index contributed by atoms with van der Waals surface area (Å²) in [5.74, 6) is -0.283. The van der Waals surface area contributed by atoms with Crippen molar-refractivity contribution in [3.05, 3.63) is 51.2 Å². The minimum atomic E-state index is -0.283. The first-order chi connectivity index (χ1) is 9.61. The van der Waals surface area contributed by atoms with Crippen LogP contribution in [0.15, 0.2) is 30.3 Å². The van der Waals surface area contributed by atoms with Gasteiger partial charge in [-0.15, -0.1) is 11.3 Å². The van der Waals surface area contributed by atoms with Crippen molar-refractivity contribution >= 4 is 23.0 Å². The van der Waals surface area contributed by atoms with Crippen LogP contribution in [-0.2, 0) is 11.3 Å². The average molecular weight is 289 g/mol. The average Bonchev–Trinajstić information content (AvgIpc) is 2.75. The third-order valence-corrected chi connectivity index (χ3v) is 4.04. The van der Waals surface area contributed by atoms with E-state index in [0.717, 1.165) is 5.69 Å². The summed E-state index contributed by atoms with van der Waals surface area (Å²) in [6.07, 6.45) is 0. The second-order valence-corrected chi connectivity index (χ2v) is 6.02. The Hall–Kier alpha value is -1.81. The smallest absolute Gasteiger partial charge is 0.340 e. The summed E-state index contributed by atoms with van der Waals surface area (Å²) in [5, 5.41) is 3.33. The van der Waals surface area contributed by atoms with Gasteiger partial charge in [-0.05, 0) is 44.5 Å². The first-order valence-electron chi connectivity index (χ1n) is 6.67. The minimum Gasteiger partial charge on any atom is -0.462 e. The molecule has 0 saturated carbocycles. The molecule has 106 valence electrons. The third-order valence-electron chi connectivity index (χ3n) is 3.04. The Kier molecular flexibility index (Phi) is 4.79. The number of ether oxygens (including phenoxy) is 1. The lowest BCUT2D eigenvalue weighted by Crippen LogP contribution is -2.09. The number of thiophene rings is 1. The van der Waals surface area contributed by atoms with Crippen LogP contribution in [0.5, 0.6) is 0 Å². The summed E-state index contributed by atoms with van der Waals surface area (Å²) in [7, 11) is 0. The Morgan fingerprint density at radius 2 is 2.05 bits per heavy atom. The standard InChI is InChI=1S/C16H19NO2S/c1-4-19-16(18)14-7-5-6-8-15(14)17-10-13-9-11(2)20-12(13)3/h5-9,17H,4,10H2,1-3H3. The molecule has 0 amide bonds. The van der Waals surface area contributed by atoms with Crippen molar-refractivity contribution in [3.8, 4) is 0 Å². The van der Waals surface area contributed by atoms with Gasteiger partial charge in [0.15, 0.2) is 0 Å². The fraction of sp³-hybridized carbons (Fsp3) is 0.312. The number of esters is 1. The molecular weight excluding hydrogens is 270 g/mol. The predicted molar refractivity (Wildman–Crippen MR) is 83.5 cm³/mol. The molecule has 2 rings (SSSR count). The van der Waals surface area contributed by atoms with Crippen LogP contribution in [0.25, 0.3) is 0 Å². The van der Waals surface area contributed by atoms with Crippen LogP contribution in [0.3, 0.4) is 0 Å². The molecule has 1 aromatic heterocycles. The lowest BCUT2D eigenvalue weighted by Gasteiger charge is -2.11. The van der Waals surface area contributed by atoms with Crippen molar-refractivity contribution in [3.63, 3.8) is 0 Å². The second-order valence-electron chi connectivity index (χ2n) is 4.56. The van der Waals surface area contributed by atoms with Gasteiger partial charge in [-0.2, -0.15) is 0 Å². The summed E-state index contributed by atoms with van der Waals surface area (Å²) >= 11 is 1.79. The molecule has 1 aromatic carbocycles. The number of rotatable bonds is 5.